The lowest BCUT2D eigenvalue weighted by atomic mass is 9.85. The molecular formula is C19H28N2O3S. The number of nitrogens with zero attached hydrogens (tertiary/aromatic N) is 1. The van der Waals surface area contributed by atoms with E-state index in [1.54, 1.807) is 13.8 Å². The van der Waals surface area contributed by atoms with Gasteiger partial charge in [0.2, 0.25) is 0 Å². The highest BCUT2D eigenvalue weighted by Gasteiger charge is 2.48. The Balaban J connectivity index is 2.31. The fourth-order valence-electron chi connectivity index (χ4n) is 3.86. The van der Waals surface area contributed by atoms with Crippen molar-refractivity contribution in [3.05, 3.63) is 29.3 Å². The van der Waals surface area contributed by atoms with Crippen LogP contribution in [-0.4, -0.2) is 30.4 Å². The third-order valence-corrected chi connectivity index (χ3v) is 8.66. The molecule has 3 rings (SSSR count). The molecule has 0 aromatic heterocycles. The molecule has 2 aliphatic rings. The maximum Gasteiger partial charge on any atom is 0.165 e. The van der Waals surface area contributed by atoms with Crippen LogP contribution in [0.1, 0.15) is 58.1 Å². The monoisotopic (exact) mass is 364 g/mol. The molecule has 5 nitrogen and oxygen atoms in total. The third kappa shape index (κ3) is 2.84. The summed E-state index contributed by atoms with van der Waals surface area (Å²) < 4.78 is 31.4. The van der Waals surface area contributed by atoms with E-state index in [0.29, 0.717) is 19.3 Å². The number of aliphatic imine (C=N–C) groups is 1. The molecule has 3 atom stereocenters. The predicted octanol–water partition coefficient (Wildman–Crippen LogP) is 3.09. The van der Waals surface area contributed by atoms with Gasteiger partial charge in [0, 0.05) is 12.0 Å². The molecule has 1 unspecified atom stereocenters. The number of sulfone groups is 1. The Morgan fingerprint density at radius 1 is 1.28 bits per heavy atom. The Bertz CT molecular complexity index is 829. The number of hydrogen-bond donors (Lipinski definition) is 1. The van der Waals surface area contributed by atoms with E-state index in [4.69, 9.17) is 15.5 Å². The van der Waals surface area contributed by atoms with Crippen LogP contribution < -0.4 is 10.5 Å². The number of nitrogens with two attached hydrogens (primary N) is 1. The Hall–Kier alpha value is -1.56. The van der Waals surface area contributed by atoms with E-state index in [-0.39, 0.29) is 11.9 Å². The Kier molecular flexibility index (Phi) is 4.18. The summed E-state index contributed by atoms with van der Waals surface area (Å²) in [6.45, 7) is 9.33. The van der Waals surface area contributed by atoms with Gasteiger partial charge in [-0.2, -0.15) is 0 Å². The van der Waals surface area contributed by atoms with Crippen molar-refractivity contribution in [3.63, 3.8) is 0 Å². The third-order valence-electron chi connectivity index (χ3n) is 5.73. The fraction of sp³-hybridized carbons (Fsp3) is 0.632. The zero-order chi connectivity index (χ0) is 18.6. The van der Waals surface area contributed by atoms with Crippen molar-refractivity contribution >= 4 is 15.7 Å². The summed E-state index contributed by atoms with van der Waals surface area (Å²) in [6, 6.07) is 6.06. The smallest absolute Gasteiger partial charge is 0.165 e. The number of amidine groups is 1. The summed E-state index contributed by atoms with van der Waals surface area (Å²) >= 11 is 0. The van der Waals surface area contributed by atoms with Crippen molar-refractivity contribution in [2.45, 2.75) is 75.5 Å². The van der Waals surface area contributed by atoms with Crippen LogP contribution >= 0.6 is 0 Å². The van der Waals surface area contributed by atoms with Gasteiger partial charge in [-0.15, -0.1) is 0 Å². The number of hydrogen-bond acceptors (Lipinski definition) is 5. The maximum atomic E-state index is 13.2. The summed E-state index contributed by atoms with van der Waals surface area (Å²) in [5.41, 5.74) is 7.77. The minimum Gasteiger partial charge on any atom is -0.490 e. The zero-order valence-corrected chi connectivity index (χ0v) is 16.5. The van der Waals surface area contributed by atoms with Crippen molar-refractivity contribution < 1.29 is 13.2 Å². The topological polar surface area (TPSA) is 81.8 Å². The van der Waals surface area contributed by atoms with E-state index in [9.17, 15) is 8.42 Å². The second kappa shape index (κ2) is 5.73. The molecule has 2 N–H and O–H groups in total. The summed E-state index contributed by atoms with van der Waals surface area (Å²) in [7, 11) is -3.47. The van der Waals surface area contributed by atoms with Crippen molar-refractivity contribution in [1.82, 2.24) is 0 Å². The summed E-state index contributed by atoms with van der Waals surface area (Å²) in [6.07, 6.45) is 1.45. The lowest BCUT2D eigenvalue weighted by molar-refractivity contribution is 0.207. The Morgan fingerprint density at radius 2 is 1.96 bits per heavy atom. The minimum absolute atomic E-state index is 0.182. The van der Waals surface area contributed by atoms with Crippen LogP contribution in [0.5, 0.6) is 5.75 Å². The average molecular weight is 365 g/mol. The number of aryl methyl sites for hydroxylation is 1. The van der Waals surface area contributed by atoms with Crippen molar-refractivity contribution in [2.75, 3.05) is 0 Å². The first-order valence-electron chi connectivity index (χ1n) is 8.84. The van der Waals surface area contributed by atoms with Gasteiger partial charge in [-0.3, -0.25) is 4.99 Å². The van der Waals surface area contributed by atoms with Crippen molar-refractivity contribution in [2.24, 2.45) is 10.7 Å². The number of benzene rings is 1. The molecule has 0 saturated heterocycles. The molecule has 6 heteroatoms. The number of rotatable bonds is 0. The van der Waals surface area contributed by atoms with Crippen molar-refractivity contribution in [3.8, 4) is 5.75 Å². The molecule has 0 amide bonds. The van der Waals surface area contributed by atoms with E-state index in [2.05, 4.69) is 6.07 Å². The van der Waals surface area contributed by atoms with Crippen LogP contribution in [0, 0.1) is 6.92 Å². The quantitative estimate of drug-likeness (QED) is 0.767. The van der Waals surface area contributed by atoms with Crippen LogP contribution in [0.3, 0.4) is 0 Å². The van der Waals surface area contributed by atoms with Crippen LogP contribution in [0.15, 0.2) is 23.2 Å². The lowest BCUT2D eigenvalue weighted by Gasteiger charge is -2.36. The molecule has 2 bridgehead atoms. The first-order chi connectivity index (χ1) is 11.5. The lowest BCUT2D eigenvalue weighted by Crippen LogP contribution is -2.52. The minimum atomic E-state index is -3.47. The van der Waals surface area contributed by atoms with Gasteiger partial charge in [-0.25, -0.2) is 8.42 Å². The van der Waals surface area contributed by atoms with Gasteiger partial charge in [0.15, 0.2) is 9.84 Å². The van der Waals surface area contributed by atoms with Gasteiger partial charge in [-0.05, 0) is 59.6 Å². The molecule has 138 valence electrons. The second-order valence-corrected chi connectivity index (χ2v) is 10.9. The summed E-state index contributed by atoms with van der Waals surface area (Å²) in [4.78, 5) is 4.76. The number of ether oxygens (including phenoxy) is 1. The van der Waals surface area contributed by atoms with Gasteiger partial charge < -0.3 is 10.5 Å². The highest BCUT2D eigenvalue weighted by atomic mass is 32.2. The first kappa shape index (κ1) is 18.2. The molecule has 1 aromatic carbocycles. The van der Waals surface area contributed by atoms with Gasteiger partial charge in [0.25, 0.3) is 0 Å². The highest BCUT2D eigenvalue weighted by Crippen LogP contribution is 2.44. The van der Waals surface area contributed by atoms with E-state index in [0.717, 1.165) is 16.9 Å². The van der Waals surface area contributed by atoms with Crippen LogP contribution in [0.2, 0.25) is 0 Å². The van der Waals surface area contributed by atoms with Gasteiger partial charge in [-0.1, -0.05) is 11.6 Å². The molecule has 2 aliphatic heterocycles. The predicted molar refractivity (Wildman–Crippen MR) is 101 cm³/mol. The van der Waals surface area contributed by atoms with Gasteiger partial charge >= 0.3 is 0 Å². The molecule has 0 fully saturated rings. The summed E-state index contributed by atoms with van der Waals surface area (Å²) in [5, 5.41) is -0.485. The molecule has 2 heterocycles. The second-order valence-electron chi connectivity index (χ2n) is 8.15. The van der Waals surface area contributed by atoms with E-state index in [1.807, 2.05) is 32.9 Å². The SMILES string of the molecule is Cc1ccc2c(c1)[C@]1(C)CCC(C[C@H](C)O2)S(=O)(=O)C(C)(C)C(N)=N1. The average Bonchev–Trinajstić information content (AvgIpc) is 2.55. The summed E-state index contributed by atoms with van der Waals surface area (Å²) in [5.74, 6) is 0.955. The molecule has 0 radical (unpaired) electrons. The van der Waals surface area contributed by atoms with Crippen LogP contribution in [0.4, 0.5) is 0 Å². The standard InChI is InChI=1S/C19H28N2O3S/c1-12-6-7-16-15(10-12)19(5)9-8-14(11-13(2)24-16)25(22,23)18(3,4)17(20)21-19/h6-7,10,13-14H,8-9,11H2,1-5H3,(H2,20,21)/t13-,14?,19-/m0/s1. The first-order valence-corrected chi connectivity index (χ1v) is 10.4. The Labute approximate surface area is 150 Å². The molecule has 1 aromatic rings. The molecule has 25 heavy (non-hydrogen) atoms. The normalized spacial score (nSPS) is 33.6. The van der Waals surface area contributed by atoms with Gasteiger partial charge in [0.05, 0.1) is 16.9 Å². The van der Waals surface area contributed by atoms with Gasteiger partial charge in [0.1, 0.15) is 16.3 Å². The molecule has 0 saturated carbocycles. The van der Waals surface area contributed by atoms with E-state index < -0.39 is 25.4 Å². The molecule has 0 spiro atoms. The fourth-order valence-corrected chi connectivity index (χ4v) is 5.98. The van der Waals surface area contributed by atoms with Crippen molar-refractivity contribution in [1.29, 1.82) is 0 Å². The maximum absolute atomic E-state index is 13.2. The largest absolute Gasteiger partial charge is 0.490 e. The van der Waals surface area contributed by atoms with E-state index in [1.165, 1.54) is 0 Å². The number of fused-ring (bicyclic) bond motifs is 5. The zero-order valence-electron chi connectivity index (χ0n) is 15.7. The molecular weight excluding hydrogens is 336 g/mol. The Morgan fingerprint density at radius 3 is 2.64 bits per heavy atom. The van der Waals surface area contributed by atoms with Crippen LogP contribution in [-0.2, 0) is 15.4 Å². The molecule has 0 aliphatic carbocycles. The highest BCUT2D eigenvalue weighted by molar-refractivity contribution is 7.94. The van der Waals surface area contributed by atoms with Crippen LogP contribution in [0.25, 0.3) is 0 Å². The van der Waals surface area contributed by atoms with E-state index >= 15 is 0 Å².